The second-order valence-corrected chi connectivity index (χ2v) is 36.8. The van der Waals surface area contributed by atoms with Gasteiger partial charge in [0.15, 0.2) is 24.8 Å². The number of methoxy groups -OCH3 is 3. The largest absolute Gasteiger partial charge is 0.673 e. The fourth-order valence-corrected chi connectivity index (χ4v) is 15.8. The molecule has 29 heteroatoms. The third kappa shape index (κ3) is 75.0. The lowest BCUT2D eigenvalue weighted by molar-refractivity contribution is -0.697. The summed E-state index contributed by atoms with van der Waals surface area (Å²) in [6.45, 7) is 26.9. The lowest BCUT2D eigenvalue weighted by atomic mass is 9.84. The highest BCUT2D eigenvalue weighted by molar-refractivity contribution is 6.50. The van der Waals surface area contributed by atoms with Gasteiger partial charge in [-0.05, 0) is 124 Å². The van der Waals surface area contributed by atoms with E-state index in [1.54, 1.807) is 35.2 Å². The van der Waals surface area contributed by atoms with Crippen molar-refractivity contribution < 1.29 is 115 Å². The Morgan fingerprint density at radius 1 is 0.282 bits per heavy atom. The number of anilines is 4. The van der Waals surface area contributed by atoms with E-state index in [0.717, 1.165) is 65.1 Å². The number of unbranched alkanes of at least 4 members (excludes halogenated alkanes) is 32. The summed E-state index contributed by atoms with van der Waals surface area (Å²) < 4.78 is 130. The number of rotatable bonds is 73. The number of ketones is 3. The average Bonchev–Trinajstić information content (AvgIpc) is 0.755. The van der Waals surface area contributed by atoms with E-state index >= 15 is 0 Å². The first kappa shape index (κ1) is 124. The zero-order valence-corrected chi connectivity index (χ0v) is 81.8. The average molecular weight is 1870 g/mol. The van der Waals surface area contributed by atoms with E-state index < -0.39 is 14.5 Å². The van der Waals surface area contributed by atoms with Crippen LogP contribution in [0.1, 0.15) is 339 Å². The smallest absolute Gasteiger partial charge is 0.466 e. The summed E-state index contributed by atoms with van der Waals surface area (Å²) in [7, 11) is -6.79. The quantitative estimate of drug-likeness (QED) is 0.0101. The van der Waals surface area contributed by atoms with Gasteiger partial charge in [-0.25, -0.2) is 9.13 Å². The summed E-state index contributed by atoms with van der Waals surface area (Å²) in [4.78, 5) is 74.8. The van der Waals surface area contributed by atoms with E-state index in [1.807, 2.05) is 41.5 Å². The molecule has 0 saturated heterocycles. The van der Waals surface area contributed by atoms with Crippen LogP contribution in [-0.4, -0.2) is 163 Å². The maximum Gasteiger partial charge on any atom is 0.673 e. The molecule has 3 heterocycles. The van der Waals surface area contributed by atoms with Crippen LogP contribution in [0.3, 0.4) is 0 Å². The van der Waals surface area contributed by atoms with Gasteiger partial charge in [0.25, 0.3) is 0 Å². The molecule has 0 N–H and O–H groups in total. The van der Waals surface area contributed by atoms with Crippen molar-refractivity contribution in [1.29, 1.82) is 0 Å². The van der Waals surface area contributed by atoms with Crippen LogP contribution in [0.4, 0.5) is 57.3 Å². The zero-order valence-electron chi connectivity index (χ0n) is 81.8. The predicted octanol–water partition coefficient (Wildman–Crippen LogP) is 26.3. The number of aromatic nitrogens is 2. The molecule has 0 atom stereocenters. The van der Waals surface area contributed by atoms with Gasteiger partial charge in [-0.2, -0.15) is 0 Å². The highest BCUT2D eigenvalue weighted by Gasteiger charge is 2.30. The van der Waals surface area contributed by atoms with E-state index in [4.69, 9.17) is 42.6 Å². The number of benzene rings is 2. The Morgan fingerprint density at radius 2 is 0.489 bits per heavy atom. The lowest BCUT2D eigenvalue weighted by Gasteiger charge is -2.40. The summed E-state index contributed by atoms with van der Waals surface area (Å²) >= 11 is 0. The second kappa shape index (κ2) is 77.3. The molecule has 4 aromatic rings. The minimum absolute atomic E-state index is 0. The van der Waals surface area contributed by atoms with Crippen LogP contribution in [-0.2, 0) is 84.5 Å². The van der Waals surface area contributed by atoms with E-state index in [-0.39, 0.29) is 72.0 Å². The van der Waals surface area contributed by atoms with Crippen LogP contribution in [0.5, 0.6) is 0 Å². The standard InChI is InChI=1S/C43H68N2O4.C41H68N2O4.C17H32O7.CH4.2BF4/c1-37(46)35-43(2,3)36-42(47)49-34-26-18-14-10-6-8-12-16-24-32-45-40-29-21-19-27-38(40)44(39-28-20-22-30-41(39)45)31-23-15-11-7-5-9-13-17-25-33-48-4;1-37(44)35-41(2,3)36-40(45)47-34-22-18-14-10-6-8-12-16-20-28-43-31-25-39(26-32-43)38-23-29-42(30-24-38)27-19-15-11-7-5-9-13-17-21-33-46-4;1-15(18)13-17(2,3)14-16(19)24-12-11-23-10-9-22-8-7-21-6-5-20-4;;2*2-1(3,4)5/h19-22,27-30H,5-18,23-26,31-36H2,1-4H3;23-26,29-32H,5-22,27-28,33-36H2,1-4H3;5-14H2,1-4H3;1H4;;/q;+2;;;2*-1. The molecule has 19 nitrogen and oxygen atoms in total. The maximum absolute atomic E-state index is 12.1. The summed E-state index contributed by atoms with van der Waals surface area (Å²) in [5.74, 6) is -0.374. The van der Waals surface area contributed by atoms with E-state index in [2.05, 4.69) is 117 Å². The number of fused-ring (bicyclic) bond motifs is 2. The number of nitrogens with zero attached hydrogens (tertiary/aromatic N) is 4. The Kier molecular flexibility index (Phi) is 73.2. The van der Waals surface area contributed by atoms with Crippen molar-refractivity contribution in [2.24, 2.45) is 16.2 Å². The molecule has 5 rings (SSSR count). The highest BCUT2D eigenvalue weighted by atomic mass is 19.5. The molecule has 1 aliphatic heterocycles. The Hall–Kier alpha value is -6.91. The first-order valence-electron chi connectivity index (χ1n) is 48.6. The fourth-order valence-electron chi connectivity index (χ4n) is 15.8. The normalized spacial score (nSPS) is 11.9. The number of pyridine rings is 2. The number of aryl methyl sites for hydroxylation is 2. The third-order valence-electron chi connectivity index (χ3n) is 21.9. The number of esters is 3. The van der Waals surface area contributed by atoms with Gasteiger partial charge in [-0.15, -0.1) is 0 Å². The first-order valence-corrected chi connectivity index (χ1v) is 48.6. The Morgan fingerprint density at radius 3 is 0.733 bits per heavy atom. The van der Waals surface area contributed by atoms with Gasteiger partial charge in [0.05, 0.1) is 101 Å². The summed E-state index contributed by atoms with van der Waals surface area (Å²) in [6.07, 6.45) is 56.3. The molecule has 0 aliphatic carbocycles. The highest BCUT2D eigenvalue weighted by Crippen LogP contribution is 2.48. The molecule has 0 radical (unpaired) electrons. The van der Waals surface area contributed by atoms with Gasteiger partial charge in [0.1, 0.15) is 37.0 Å². The number of hydrogen-bond acceptors (Lipinski definition) is 17. The number of para-hydroxylation sites is 4. The molecule has 1 aliphatic rings. The minimum Gasteiger partial charge on any atom is -0.466 e. The second-order valence-electron chi connectivity index (χ2n) is 36.8. The molecule has 752 valence electrons. The molecular weight excluding hydrogens is 1690 g/mol. The topological polar surface area (TPSA) is 200 Å². The number of ether oxygens (including phenoxy) is 9. The van der Waals surface area contributed by atoms with Crippen molar-refractivity contribution in [3.05, 3.63) is 97.6 Å². The molecule has 0 unspecified atom stereocenters. The predicted molar refractivity (Wildman–Crippen MR) is 515 cm³/mol. The molecule has 0 saturated carbocycles. The Balaban J connectivity index is 0.00000191. The van der Waals surface area contributed by atoms with Crippen LogP contribution >= 0.6 is 0 Å². The summed E-state index contributed by atoms with van der Waals surface area (Å²) in [5.41, 5.74) is 6.95. The van der Waals surface area contributed by atoms with Gasteiger partial charge < -0.3 is 101 Å². The van der Waals surface area contributed by atoms with Crippen LogP contribution in [0.15, 0.2) is 97.6 Å². The lowest BCUT2D eigenvalue weighted by Crippen LogP contribution is -2.33. The SMILES string of the molecule is C.COCCCCCCCCCCCN1c2ccccc2N(CCCCCCCCCCCOC(=O)CC(C)(C)CC(C)=O)c2ccccc21.COCCCCCCCCCCC[n+]1ccc(-c2cc[n+](CCCCCCCCCCCOC(=O)CC(C)(C)CC(C)=O)cc2)cc1.COCCOCCOCCOCCOC(=O)CC(C)(C)CC(C)=O.F[B-](F)(F)F.F[B-](F)(F)F. The molecule has 0 amide bonds. The van der Waals surface area contributed by atoms with Crippen LogP contribution in [0.2, 0.25) is 0 Å². The maximum atomic E-state index is 12.1. The molecule has 0 fully saturated rings. The molecule has 2 aromatic carbocycles. The van der Waals surface area contributed by atoms with Crippen molar-refractivity contribution in [1.82, 2.24) is 0 Å². The molecule has 2 aromatic heterocycles. The Bertz CT molecular complexity index is 3460. The number of carbonyl (C=O) groups is 6. The van der Waals surface area contributed by atoms with Crippen molar-refractivity contribution >= 4 is 72.5 Å². The minimum atomic E-state index is -6.00. The fraction of sp³-hybridized carbons (Fsp3) is 0.725. The van der Waals surface area contributed by atoms with Crippen LogP contribution in [0.25, 0.3) is 11.1 Å². The summed E-state index contributed by atoms with van der Waals surface area (Å²) in [5, 5.41) is 0. The molecule has 0 bridgehead atoms. The number of Topliss-reactive ketones (excluding diaryl/α,β-unsaturated/α-hetero) is 3. The van der Waals surface area contributed by atoms with Gasteiger partial charge in [0, 0.05) is 104 Å². The van der Waals surface area contributed by atoms with Gasteiger partial charge in [-0.3, -0.25) is 14.4 Å². The van der Waals surface area contributed by atoms with Gasteiger partial charge in [0.2, 0.25) is 0 Å². The summed E-state index contributed by atoms with van der Waals surface area (Å²) in [6, 6.07) is 27.0. The zero-order chi connectivity index (χ0) is 96.4. The Labute approximate surface area is 784 Å². The first-order chi connectivity index (χ1) is 62.0. The monoisotopic (exact) mass is 1870 g/mol. The number of carbonyl (C=O) groups excluding carboxylic acids is 6. The number of halogens is 8. The van der Waals surface area contributed by atoms with Crippen molar-refractivity contribution in [3.8, 4) is 11.1 Å². The van der Waals surface area contributed by atoms with E-state index in [9.17, 15) is 63.3 Å². The van der Waals surface area contributed by atoms with Crippen molar-refractivity contribution in [2.45, 2.75) is 353 Å². The third-order valence-corrected chi connectivity index (χ3v) is 21.9. The van der Waals surface area contributed by atoms with E-state index in [0.29, 0.717) is 91.6 Å². The van der Waals surface area contributed by atoms with Crippen molar-refractivity contribution in [2.75, 3.05) is 124 Å². The van der Waals surface area contributed by atoms with Gasteiger partial charge in [-0.1, -0.05) is 240 Å². The van der Waals surface area contributed by atoms with Crippen LogP contribution in [0, 0.1) is 16.2 Å². The van der Waals surface area contributed by atoms with Crippen molar-refractivity contribution in [3.63, 3.8) is 0 Å². The molecule has 0 spiro atoms. The molecule has 131 heavy (non-hydrogen) atoms. The van der Waals surface area contributed by atoms with E-state index in [1.165, 1.54) is 246 Å². The number of hydrogen-bond donors (Lipinski definition) is 0. The van der Waals surface area contributed by atoms with Crippen LogP contribution < -0.4 is 18.9 Å². The molecular formula is C102H172B2F8N4O15. The van der Waals surface area contributed by atoms with Gasteiger partial charge >= 0.3 is 32.4 Å².